The molecule has 0 atom stereocenters. The number of aromatic nitrogens is 4. The first-order valence-electron chi connectivity index (χ1n) is 5.63. The van der Waals surface area contributed by atoms with E-state index in [4.69, 9.17) is 5.73 Å². The van der Waals surface area contributed by atoms with Gasteiger partial charge < -0.3 is 11.1 Å². The normalized spacial score (nSPS) is 10.5. The van der Waals surface area contributed by atoms with Gasteiger partial charge in [0.15, 0.2) is 0 Å². The second kappa shape index (κ2) is 8.02. The number of nitrogens with one attached hydrogen (secondary N) is 1. The predicted molar refractivity (Wildman–Crippen MR) is 65.5 cm³/mol. The Morgan fingerprint density at radius 2 is 2.41 bits per heavy atom. The third-order valence-corrected chi connectivity index (χ3v) is 2.98. The molecule has 7 nitrogen and oxygen atoms in total. The van der Waals surface area contributed by atoms with E-state index in [0.29, 0.717) is 24.0 Å². The Kier molecular flexibility index (Phi) is 6.56. The van der Waals surface area contributed by atoms with Crippen LogP contribution in [0.4, 0.5) is 0 Å². The fourth-order valence-corrected chi connectivity index (χ4v) is 1.88. The summed E-state index contributed by atoms with van der Waals surface area (Å²) < 4.78 is 1.60. The van der Waals surface area contributed by atoms with Crippen molar-refractivity contribution < 1.29 is 4.79 Å². The quantitative estimate of drug-likeness (QED) is 0.488. The minimum absolute atomic E-state index is 0.00532. The molecule has 0 bridgehead atoms. The van der Waals surface area contributed by atoms with Crippen molar-refractivity contribution in [3.8, 4) is 0 Å². The summed E-state index contributed by atoms with van der Waals surface area (Å²) in [7, 11) is 0. The van der Waals surface area contributed by atoms with Gasteiger partial charge in [-0.1, -0.05) is 25.1 Å². The number of thioether (sulfide) groups is 1. The van der Waals surface area contributed by atoms with Crippen molar-refractivity contribution in [2.75, 3.05) is 18.8 Å². The zero-order chi connectivity index (χ0) is 12.5. The lowest BCUT2D eigenvalue weighted by Gasteiger charge is -2.04. The first-order valence-corrected chi connectivity index (χ1v) is 6.62. The number of unbranched alkanes of at least 4 members (excludes halogenated alkanes) is 1. The fraction of sp³-hybridized carbons (Fsp3) is 0.778. The number of rotatable bonds is 8. The van der Waals surface area contributed by atoms with E-state index < -0.39 is 0 Å². The minimum Gasteiger partial charge on any atom is -0.355 e. The number of hydrogen-bond acceptors (Lipinski definition) is 6. The Morgan fingerprint density at radius 3 is 3.12 bits per heavy atom. The highest BCUT2D eigenvalue weighted by atomic mass is 32.2. The summed E-state index contributed by atoms with van der Waals surface area (Å²) in [4.78, 5) is 11.4. The fourth-order valence-electron chi connectivity index (χ4n) is 1.15. The summed E-state index contributed by atoms with van der Waals surface area (Å²) in [6.45, 7) is 3.85. The summed E-state index contributed by atoms with van der Waals surface area (Å²) in [5, 5.41) is 14.6. The number of carbonyl (C=O) groups excluding carboxylic acids is 1. The molecule has 1 aromatic rings. The highest BCUT2D eigenvalue weighted by Gasteiger charge is 2.08. The molecule has 0 saturated heterocycles. The Bertz CT molecular complexity index is 342. The van der Waals surface area contributed by atoms with Gasteiger partial charge in [-0.3, -0.25) is 4.79 Å². The predicted octanol–water partition coefficient (Wildman–Crippen LogP) is -0.360. The average molecular weight is 258 g/mol. The number of hydrogen-bond donors (Lipinski definition) is 2. The molecule has 0 aliphatic carbocycles. The second-order valence-electron chi connectivity index (χ2n) is 3.47. The van der Waals surface area contributed by atoms with Crippen LogP contribution in [0.2, 0.25) is 0 Å². The molecule has 0 fully saturated rings. The van der Waals surface area contributed by atoms with Gasteiger partial charge in [0.05, 0.1) is 12.3 Å². The van der Waals surface area contributed by atoms with Crippen molar-refractivity contribution >= 4 is 17.7 Å². The van der Waals surface area contributed by atoms with Crippen LogP contribution in [0.3, 0.4) is 0 Å². The lowest BCUT2D eigenvalue weighted by molar-refractivity contribution is -0.118. The zero-order valence-electron chi connectivity index (χ0n) is 9.93. The van der Waals surface area contributed by atoms with Gasteiger partial charge in [0.2, 0.25) is 11.1 Å². The van der Waals surface area contributed by atoms with Gasteiger partial charge in [0, 0.05) is 13.1 Å². The van der Waals surface area contributed by atoms with Crippen molar-refractivity contribution in [2.45, 2.75) is 31.5 Å². The van der Waals surface area contributed by atoms with Crippen LogP contribution in [0.15, 0.2) is 5.16 Å². The highest BCUT2D eigenvalue weighted by molar-refractivity contribution is 7.99. The molecule has 0 radical (unpaired) electrons. The largest absolute Gasteiger partial charge is 0.355 e. The molecule has 1 amide bonds. The molecule has 1 rings (SSSR count). The SMILES string of the molecule is CCCCNC(=O)CSc1nnnn1CCN. The highest BCUT2D eigenvalue weighted by Crippen LogP contribution is 2.12. The summed E-state index contributed by atoms with van der Waals surface area (Å²) in [5.74, 6) is 0.333. The van der Waals surface area contributed by atoms with Crippen molar-refractivity contribution in [1.29, 1.82) is 0 Å². The van der Waals surface area contributed by atoms with E-state index in [9.17, 15) is 4.79 Å². The second-order valence-corrected chi connectivity index (χ2v) is 4.41. The maximum Gasteiger partial charge on any atom is 0.230 e. The van der Waals surface area contributed by atoms with Gasteiger partial charge >= 0.3 is 0 Å². The molecule has 0 spiro atoms. The van der Waals surface area contributed by atoms with Gasteiger partial charge in [-0.15, -0.1) is 5.10 Å². The zero-order valence-corrected chi connectivity index (χ0v) is 10.7. The average Bonchev–Trinajstić information content (AvgIpc) is 2.75. The molecular formula is C9H18N6OS. The first kappa shape index (κ1) is 13.9. The third kappa shape index (κ3) is 5.14. The number of nitrogens with two attached hydrogens (primary N) is 1. The molecular weight excluding hydrogens is 240 g/mol. The molecule has 0 unspecified atom stereocenters. The van der Waals surface area contributed by atoms with Crippen molar-refractivity contribution in [3.63, 3.8) is 0 Å². The molecule has 8 heteroatoms. The van der Waals surface area contributed by atoms with Crippen LogP contribution < -0.4 is 11.1 Å². The van der Waals surface area contributed by atoms with Gasteiger partial charge in [0.25, 0.3) is 0 Å². The topological polar surface area (TPSA) is 98.7 Å². The Labute approximate surface area is 105 Å². The Balaban J connectivity index is 2.29. The van der Waals surface area contributed by atoms with Gasteiger partial charge in [-0.2, -0.15) is 0 Å². The molecule has 0 aliphatic rings. The van der Waals surface area contributed by atoms with E-state index in [2.05, 4.69) is 27.8 Å². The molecule has 1 heterocycles. The van der Waals surface area contributed by atoms with Crippen molar-refractivity contribution in [1.82, 2.24) is 25.5 Å². The van der Waals surface area contributed by atoms with Crippen LogP contribution in [-0.4, -0.2) is 45.0 Å². The monoisotopic (exact) mass is 258 g/mol. The van der Waals surface area contributed by atoms with Gasteiger partial charge in [0.1, 0.15) is 0 Å². The van der Waals surface area contributed by atoms with Crippen LogP contribution in [-0.2, 0) is 11.3 Å². The Hall–Kier alpha value is -1.15. The van der Waals surface area contributed by atoms with Crippen LogP contribution in [0.25, 0.3) is 0 Å². The first-order chi connectivity index (χ1) is 8.27. The summed E-state index contributed by atoms with van der Waals surface area (Å²) in [6.07, 6.45) is 2.07. The number of amides is 1. The number of tetrazole rings is 1. The van der Waals surface area contributed by atoms with E-state index in [-0.39, 0.29) is 5.91 Å². The molecule has 0 saturated carbocycles. The minimum atomic E-state index is 0.00532. The molecule has 0 aliphatic heterocycles. The summed E-state index contributed by atoms with van der Waals surface area (Å²) in [6, 6.07) is 0. The van der Waals surface area contributed by atoms with Crippen LogP contribution in [0.5, 0.6) is 0 Å². The lowest BCUT2D eigenvalue weighted by Crippen LogP contribution is -2.26. The van der Waals surface area contributed by atoms with Crippen LogP contribution in [0, 0.1) is 0 Å². The number of nitrogens with zero attached hydrogens (tertiary/aromatic N) is 4. The molecule has 1 aromatic heterocycles. The van der Waals surface area contributed by atoms with Gasteiger partial charge in [-0.05, 0) is 16.8 Å². The van der Waals surface area contributed by atoms with Crippen molar-refractivity contribution in [3.05, 3.63) is 0 Å². The van der Waals surface area contributed by atoms with Gasteiger partial charge in [-0.25, -0.2) is 4.68 Å². The van der Waals surface area contributed by atoms with E-state index in [1.165, 1.54) is 11.8 Å². The summed E-state index contributed by atoms with van der Waals surface area (Å²) >= 11 is 1.32. The van der Waals surface area contributed by atoms with Crippen LogP contribution in [0.1, 0.15) is 19.8 Å². The van der Waals surface area contributed by atoms with E-state index in [1.807, 2.05) is 0 Å². The van der Waals surface area contributed by atoms with Crippen LogP contribution >= 0.6 is 11.8 Å². The summed E-state index contributed by atoms with van der Waals surface area (Å²) in [5.41, 5.74) is 5.42. The lowest BCUT2D eigenvalue weighted by atomic mass is 10.3. The Morgan fingerprint density at radius 1 is 1.59 bits per heavy atom. The molecule has 17 heavy (non-hydrogen) atoms. The number of carbonyl (C=O) groups is 1. The molecule has 3 N–H and O–H groups in total. The maximum absolute atomic E-state index is 11.4. The standard InChI is InChI=1S/C9H18N6OS/c1-2-3-5-11-8(16)7-17-9-12-13-14-15(9)6-4-10/h2-7,10H2,1H3,(H,11,16). The third-order valence-electron chi connectivity index (χ3n) is 2.02. The maximum atomic E-state index is 11.4. The smallest absolute Gasteiger partial charge is 0.230 e. The van der Waals surface area contributed by atoms with Crippen molar-refractivity contribution in [2.24, 2.45) is 5.73 Å². The van der Waals surface area contributed by atoms with E-state index in [1.54, 1.807) is 4.68 Å². The molecule has 96 valence electrons. The molecule has 0 aromatic carbocycles. The van der Waals surface area contributed by atoms with E-state index >= 15 is 0 Å². The van der Waals surface area contributed by atoms with E-state index in [0.717, 1.165) is 19.4 Å².